The molecule has 2 aliphatic rings. The third-order valence-electron chi connectivity index (χ3n) is 4.47. The summed E-state index contributed by atoms with van der Waals surface area (Å²) in [5.41, 5.74) is 1.51. The number of halogens is 1. The number of para-hydroxylation sites is 2. The van der Waals surface area contributed by atoms with Crippen molar-refractivity contribution < 1.29 is 23.7 Å². The highest BCUT2D eigenvalue weighted by Crippen LogP contribution is 2.46. The summed E-state index contributed by atoms with van der Waals surface area (Å²) in [5, 5.41) is 0. The number of amides is 1. The summed E-state index contributed by atoms with van der Waals surface area (Å²) in [4.78, 5) is 14.7. The summed E-state index contributed by atoms with van der Waals surface area (Å²) in [6.45, 7) is 1.48. The van der Waals surface area contributed by atoms with Crippen LogP contribution in [0.15, 0.2) is 46.9 Å². The zero-order chi connectivity index (χ0) is 18.1. The van der Waals surface area contributed by atoms with Crippen molar-refractivity contribution in [1.82, 2.24) is 0 Å². The first-order chi connectivity index (χ1) is 12.7. The standard InChI is InChI=1S/C19H18BrNO5/c1-23-16-4-2-3-5-17(16)24-9-8-21-15-7-6-13(20)12-14(15)19(18(21)22)25-10-11-26-19/h2-7,12H,8-11H2,1H3. The van der Waals surface area contributed by atoms with Crippen LogP contribution in [0.5, 0.6) is 11.5 Å². The van der Waals surface area contributed by atoms with Crippen molar-refractivity contribution in [2.24, 2.45) is 0 Å². The van der Waals surface area contributed by atoms with Gasteiger partial charge in [0.15, 0.2) is 11.5 Å². The van der Waals surface area contributed by atoms with Gasteiger partial charge in [-0.15, -0.1) is 0 Å². The van der Waals surface area contributed by atoms with E-state index in [1.807, 2.05) is 42.5 Å². The van der Waals surface area contributed by atoms with E-state index in [1.165, 1.54) is 0 Å². The fourth-order valence-electron chi connectivity index (χ4n) is 3.31. The summed E-state index contributed by atoms with van der Waals surface area (Å²) in [5.74, 6) is -0.250. The van der Waals surface area contributed by atoms with E-state index in [4.69, 9.17) is 18.9 Å². The third kappa shape index (κ3) is 2.76. The number of methoxy groups -OCH3 is 1. The monoisotopic (exact) mass is 419 g/mol. The molecule has 2 aliphatic heterocycles. The van der Waals surface area contributed by atoms with Crippen molar-refractivity contribution in [2.45, 2.75) is 5.79 Å². The highest BCUT2D eigenvalue weighted by atomic mass is 79.9. The number of hydrogen-bond donors (Lipinski definition) is 0. The molecule has 0 saturated carbocycles. The molecule has 1 amide bonds. The maximum atomic E-state index is 13.0. The lowest BCUT2D eigenvalue weighted by Crippen LogP contribution is -2.42. The largest absolute Gasteiger partial charge is 0.493 e. The molecule has 0 aromatic heterocycles. The number of nitrogens with zero attached hydrogens (tertiary/aromatic N) is 1. The van der Waals surface area contributed by atoms with Crippen molar-refractivity contribution >= 4 is 27.5 Å². The molecule has 0 bridgehead atoms. The van der Waals surface area contributed by atoms with Crippen LogP contribution >= 0.6 is 15.9 Å². The Hall–Kier alpha value is -2.09. The predicted octanol–water partition coefficient (Wildman–Crippen LogP) is 3.08. The first-order valence-electron chi connectivity index (χ1n) is 8.31. The highest BCUT2D eigenvalue weighted by molar-refractivity contribution is 9.10. The Morgan fingerprint density at radius 1 is 1.15 bits per heavy atom. The molecule has 0 atom stereocenters. The van der Waals surface area contributed by atoms with Gasteiger partial charge in [0.1, 0.15) is 6.61 Å². The molecular weight excluding hydrogens is 402 g/mol. The normalized spacial score (nSPS) is 17.6. The van der Waals surface area contributed by atoms with E-state index in [0.29, 0.717) is 37.9 Å². The maximum Gasteiger partial charge on any atom is 0.292 e. The number of fused-ring (bicyclic) bond motifs is 2. The van der Waals surface area contributed by atoms with Gasteiger partial charge in [-0.1, -0.05) is 28.1 Å². The van der Waals surface area contributed by atoms with Crippen molar-refractivity contribution in [3.8, 4) is 11.5 Å². The molecule has 6 nitrogen and oxygen atoms in total. The molecule has 0 N–H and O–H groups in total. The van der Waals surface area contributed by atoms with E-state index in [2.05, 4.69) is 15.9 Å². The van der Waals surface area contributed by atoms with Gasteiger partial charge in [0.25, 0.3) is 11.7 Å². The maximum absolute atomic E-state index is 13.0. The van der Waals surface area contributed by atoms with Crippen molar-refractivity contribution in [3.05, 3.63) is 52.5 Å². The minimum atomic E-state index is -1.33. The number of rotatable bonds is 5. The van der Waals surface area contributed by atoms with Crippen LogP contribution in [0.3, 0.4) is 0 Å². The van der Waals surface area contributed by atoms with Gasteiger partial charge < -0.3 is 23.8 Å². The lowest BCUT2D eigenvalue weighted by molar-refractivity contribution is -0.180. The predicted molar refractivity (Wildman–Crippen MR) is 98.6 cm³/mol. The number of carbonyl (C=O) groups is 1. The highest BCUT2D eigenvalue weighted by Gasteiger charge is 2.56. The number of benzene rings is 2. The first-order valence-corrected chi connectivity index (χ1v) is 9.11. The van der Waals surface area contributed by atoms with Gasteiger partial charge in [0.05, 0.1) is 32.6 Å². The van der Waals surface area contributed by atoms with Gasteiger partial charge in [-0.25, -0.2) is 0 Å². The van der Waals surface area contributed by atoms with Gasteiger partial charge in [-0.05, 0) is 30.3 Å². The third-order valence-corrected chi connectivity index (χ3v) is 4.96. The van der Waals surface area contributed by atoms with Crippen LogP contribution in [0.2, 0.25) is 0 Å². The molecule has 0 unspecified atom stereocenters. The Morgan fingerprint density at radius 2 is 1.88 bits per heavy atom. The summed E-state index contributed by atoms with van der Waals surface area (Å²) in [6, 6.07) is 13.1. The Morgan fingerprint density at radius 3 is 2.62 bits per heavy atom. The molecule has 2 heterocycles. The molecule has 2 aromatic carbocycles. The molecule has 1 fully saturated rings. The van der Waals surface area contributed by atoms with Gasteiger partial charge in [-0.2, -0.15) is 0 Å². The van der Waals surface area contributed by atoms with Gasteiger partial charge in [0, 0.05) is 10.0 Å². The Balaban J connectivity index is 1.55. The molecular formula is C19H18BrNO5. The van der Waals surface area contributed by atoms with Crippen LogP contribution in [-0.4, -0.2) is 39.4 Å². The smallest absolute Gasteiger partial charge is 0.292 e. The van der Waals surface area contributed by atoms with Gasteiger partial charge in [-0.3, -0.25) is 4.79 Å². The Bertz CT molecular complexity index is 834. The topological polar surface area (TPSA) is 57.2 Å². The van der Waals surface area contributed by atoms with E-state index < -0.39 is 5.79 Å². The number of anilines is 1. The quantitative estimate of drug-likeness (QED) is 0.745. The van der Waals surface area contributed by atoms with Crippen molar-refractivity contribution in [1.29, 1.82) is 0 Å². The van der Waals surface area contributed by atoms with E-state index in [-0.39, 0.29) is 5.91 Å². The van der Waals surface area contributed by atoms with E-state index in [9.17, 15) is 4.79 Å². The summed E-state index contributed by atoms with van der Waals surface area (Å²) in [7, 11) is 1.60. The summed E-state index contributed by atoms with van der Waals surface area (Å²) in [6.07, 6.45) is 0. The zero-order valence-electron chi connectivity index (χ0n) is 14.2. The molecule has 2 aromatic rings. The van der Waals surface area contributed by atoms with Crippen LogP contribution in [-0.2, 0) is 20.1 Å². The Kier molecular flexibility index (Phi) is 4.60. The molecule has 7 heteroatoms. The van der Waals surface area contributed by atoms with Gasteiger partial charge in [0.2, 0.25) is 0 Å². The molecule has 1 saturated heterocycles. The zero-order valence-corrected chi connectivity index (χ0v) is 15.8. The van der Waals surface area contributed by atoms with Crippen molar-refractivity contribution in [3.63, 3.8) is 0 Å². The molecule has 136 valence electrons. The van der Waals surface area contributed by atoms with Crippen molar-refractivity contribution in [2.75, 3.05) is 38.4 Å². The van der Waals surface area contributed by atoms with E-state index in [1.54, 1.807) is 12.0 Å². The first kappa shape index (κ1) is 17.3. The van der Waals surface area contributed by atoms with Gasteiger partial charge >= 0.3 is 0 Å². The Labute approximate surface area is 159 Å². The second-order valence-corrected chi connectivity index (χ2v) is 6.85. The molecule has 0 aliphatic carbocycles. The summed E-state index contributed by atoms with van der Waals surface area (Å²) < 4.78 is 23.4. The van der Waals surface area contributed by atoms with Crippen LogP contribution in [0.4, 0.5) is 5.69 Å². The second kappa shape index (κ2) is 6.90. The average Bonchev–Trinajstić information content (AvgIpc) is 3.23. The molecule has 26 heavy (non-hydrogen) atoms. The van der Waals surface area contributed by atoms with Crippen LogP contribution in [0.25, 0.3) is 0 Å². The SMILES string of the molecule is COc1ccccc1OCCN1C(=O)C2(OCCO2)c2cc(Br)ccc21. The molecule has 4 rings (SSSR count). The number of hydrogen-bond acceptors (Lipinski definition) is 5. The molecule has 1 spiro atoms. The lowest BCUT2D eigenvalue weighted by Gasteiger charge is -2.22. The minimum Gasteiger partial charge on any atom is -0.493 e. The van der Waals surface area contributed by atoms with Crippen LogP contribution < -0.4 is 14.4 Å². The molecule has 0 radical (unpaired) electrons. The van der Waals surface area contributed by atoms with E-state index >= 15 is 0 Å². The van der Waals surface area contributed by atoms with Crippen LogP contribution in [0.1, 0.15) is 5.56 Å². The lowest BCUT2D eigenvalue weighted by atomic mass is 10.1. The average molecular weight is 420 g/mol. The number of ether oxygens (including phenoxy) is 4. The number of carbonyl (C=O) groups excluding carboxylic acids is 1. The summed E-state index contributed by atoms with van der Waals surface area (Å²) >= 11 is 3.45. The fraction of sp³-hybridized carbons (Fsp3) is 0.316. The van der Waals surface area contributed by atoms with Crippen LogP contribution in [0, 0.1) is 0 Å². The fourth-order valence-corrected chi connectivity index (χ4v) is 3.67. The second-order valence-electron chi connectivity index (χ2n) is 5.93. The minimum absolute atomic E-state index is 0.216. The van der Waals surface area contributed by atoms with E-state index in [0.717, 1.165) is 15.7 Å².